The summed E-state index contributed by atoms with van der Waals surface area (Å²) in [6.07, 6.45) is 2.66. The van der Waals surface area contributed by atoms with Gasteiger partial charge in [-0.3, -0.25) is 9.59 Å². The van der Waals surface area contributed by atoms with E-state index in [1.54, 1.807) is 24.3 Å². The Morgan fingerprint density at radius 2 is 1.68 bits per heavy atom. The molecular weight excluding hydrogens is 376 g/mol. The van der Waals surface area contributed by atoms with Gasteiger partial charge < -0.3 is 4.90 Å². The lowest BCUT2D eigenvalue weighted by Crippen LogP contribution is -3.19. The number of nitrogens with zero attached hydrogens (tertiary/aromatic N) is 3. The Morgan fingerprint density at radius 3 is 2.29 bits per heavy atom. The second-order valence-corrected chi connectivity index (χ2v) is 7.75. The van der Waals surface area contributed by atoms with Crippen LogP contribution in [0.5, 0.6) is 0 Å². The van der Waals surface area contributed by atoms with Crippen molar-refractivity contribution in [2.75, 3.05) is 31.1 Å². The van der Waals surface area contributed by atoms with Gasteiger partial charge in [-0.05, 0) is 24.3 Å². The highest BCUT2D eigenvalue weighted by Gasteiger charge is 2.49. The first kappa shape index (κ1) is 18.6. The van der Waals surface area contributed by atoms with Crippen LogP contribution in [0.3, 0.4) is 0 Å². The third-order valence-corrected chi connectivity index (χ3v) is 6.05. The molecule has 2 aromatic rings. The number of nitriles is 1. The maximum Gasteiger partial charge on any atom is 0.314 e. The molecule has 6 nitrogen and oxygen atoms in total. The molecule has 2 saturated heterocycles. The Bertz CT molecular complexity index is 931. The molecule has 2 heterocycles. The van der Waals surface area contributed by atoms with Crippen molar-refractivity contribution in [3.8, 4) is 6.19 Å². The van der Waals surface area contributed by atoms with Crippen molar-refractivity contribution in [1.82, 2.24) is 4.48 Å². The van der Waals surface area contributed by atoms with Crippen LogP contribution in [0.4, 0.5) is 11.4 Å². The van der Waals surface area contributed by atoms with E-state index in [1.165, 1.54) is 4.90 Å². The first-order valence-electron chi connectivity index (χ1n) is 9.35. The fourth-order valence-corrected chi connectivity index (χ4v) is 4.32. The quantitative estimate of drug-likeness (QED) is 0.484. The van der Waals surface area contributed by atoms with E-state index in [9.17, 15) is 14.9 Å². The maximum absolute atomic E-state index is 13.0. The molecular formula is C21H21ClN4O2+2. The molecule has 0 spiro atoms. The zero-order valence-corrected chi connectivity index (χ0v) is 16.1. The number of rotatable bonds is 3. The Hall–Kier alpha value is -2.72. The SMILES string of the molecule is N#C[N+]1(c2ccccc2)CC[NH+]([C@H]2CC(=O)N(c3ccc(Cl)cc3)C2=O)CC1. The number of anilines is 1. The minimum atomic E-state index is -0.389. The van der Waals surface area contributed by atoms with Crippen LogP contribution in [0.15, 0.2) is 54.6 Å². The second kappa shape index (κ2) is 7.36. The van der Waals surface area contributed by atoms with Crippen molar-refractivity contribution >= 4 is 34.8 Å². The molecule has 2 aliphatic rings. The average molecular weight is 397 g/mol. The highest BCUT2D eigenvalue weighted by molar-refractivity contribution is 6.30. The molecule has 0 aromatic heterocycles. The van der Waals surface area contributed by atoms with Gasteiger partial charge in [0.2, 0.25) is 5.91 Å². The molecule has 0 aliphatic carbocycles. The third kappa shape index (κ3) is 3.18. The number of hydrogen-bond acceptors (Lipinski definition) is 3. The van der Waals surface area contributed by atoms with Crippen molar-refractivity contribution in [2.24, 2.45) is 0 Å². The Labute approximate surface area is 168 Å². The summed E-state index contributed by atoms with van der Waals surface area (Å²) in [7, 11) is 0. The molecule has 2 fully saturated rings. The summed E-state index contributed by atoms with van der Waals surface area (Å²) in [5, 5.41) is 10.4. The fraction of sp³-hybridized carbons (Fsp3) is 0.286. The van der Waals surface area contributed by atoms with Gasteiger partial charge in [-0.25, -0.2) is 4.90 Å². The van der Waals surface area contributed by atoms with Gasteiger partial charge in [0, 0.05) is 17.2 Å². The molecule has 1 atom stereocenters. The number of benzene rings is 2. The average Bonchev–Trinajstić information content (AvgIpc) is 3.03. The van der Waals surface area contributed by atoms with Gasteiger partial charge in [-0.2, -0.15) is 4.48 Å². The van der Waals surface area contributed by atoms with Crippen molar-refractivity contribution < 1.29 is 14.5 Å². The summed E-state index contributed by atoms with van der Waals surface area (Å²) in [6, 6.07) is 16.1. The number of carbonyl (C=O) groups excluding carboxylic acids is 2. The van der Waals surface area contributed by atoms with Crippen LogP contribution in [0.2, 0.25) is 5.02 Å². The molecule has 142 valence electrons. The topological polar surface area (TPSA) is 65.6 Å². The van der Waals surface area contributed by atoms with Crippen LogP contribution >= 0.6 is 11.6 Å². The first-order valence-corrected chi connectivity index (χ1v) is 9.73. The Balaban J connectivity index is 1.49. The summed E-state index contributed by atoms with van der Waals surface area (Å²) < 4.78 is 0.250. The van der Waals surface area contributed by atoms with Crippen LogP contribution in [0.1, 0.15) is 6.42 Å². The molecule has 0 saturated carbocycles. The van der Waals surface area contributed by atoms with E-state index >= 15 is 0 Å². The Morgan fingerprint density at radius 1 is 1.04 bits per heavy atom. The summed E-state index contributed by atoms with van der Waals surface area (Å²) >= 11 is 5.91. The lowest BCUT2D eigenvalue weighted by Gasteiger charge is -2.37. The molecule has 2 aromatic carbocycles. The zero-order chi connectivity index (χ0) is 19.7. The first-order chi connectivity index (χ1) is 13.5. The molecule has 0 radical (unpaired) electrons. The molecule has 0 bridgehead atoms. The number of para-hydroxylation sites is 1. The predicted octanol–water partition coefficient (Wildman–Crippen LogP) is 1.36. The van der Waals surface area contributed by atoms with E-state index in [4.69, 9.17) is 11.6 Å². The number of hydrogen-bond donors (Lipinski definition) is 1. The predicted molar refractivity (Wildman–Crippen MR) is 107 cm³/mol. The van der Waals surface area contributed by atoms with E-state index in [1.807, 2.05) is 30.3 Å². The van der Waals surface area contributed by atoms with Gasteiger partial charge in [-0.15, -0.1) is 5.26 Å². The highest BCUT2D eigenvalue weighted by Crippen LogP contribution is 2.25. The highest BCUT2D eigenvalue weighted by atomic mass is 35.5. The van der Waals surface area contributed by atoms with E-state index in [0.717, 1.165) is 10.6 Å². The van der Waals surface area contributed by atoms with Gasteiger partial charge in [-0.1, -0.05) is 29.8 Å². The van der Waals surface area contributed by atoms with Crippen molar-refractivity contribution in [2.45, 2.75) is 12.5 Å². The summed E-state index contributed by atoms with van der Waals surface area (Å²) in [4.78, 5) is 27.9. The van der Waals surface area contributed by atoms with Gasteiger partial charge in [0.1, 0.15) is 31.9 Å². The number of halogens is 1. The largest absolute Gasteiger partial charge is 0.315 e. The van der Waals surface area contributed by atoms with E-state index in [0.29, 0.717) is 36.9 Å². The van der Waals surface area contributed by atoms with Gasteiger partial charge in [0.15, 0.2) is 6.04 Å². The number of carbonyl (C=O) groups is 2. The number of piperazine rings is 1. The minimum absolute atomic E-state index is 0.168. The molecule has 2 aliphatic heterocycles. The van der Waals surface area contributed by atoms with Crippen LogP contribution < -0.4 is 14.3 Å². The van der Waals surface area contributed by atoms with Crippen LogP contribution in [0.25, 0.3) is 0 Å². The Kier molecular flexibility index (Phi) is 4.90. The number of imide groups is 1. The third-order valence-electron chi connectivity index (χ3n) is 5.80. The molecule has 1 N–H and O–H groups in total. The summed E-state index contributed by atoms with van der Waals surface area (Å²) in [6.45, 7) is 2.57. The summed E-state index contributed by atoms with van der Waals surface area (Å²) in [5.41, 5.74) is 1.53. The second-order valence-electron chi connectivity index (χ2n) is 7.31. The lowest BCUT2D eigenvalue weighted by molar-refractivity contribution is -0.918. The fourth-order valence-electron chi connectivity index (χ4n) is 4.20. The minimum Gasteiger partial charge on any atom is -0.315 e. The number of amides is 2. The normalized spacial score (nSPS) is 27.6. The number of quaternary nitrogens is 2. The summed E-state index contributed by atoms with van der Waals surface area (Å²) in [5.74, 6) is -0.349. The van der Waals surface area contributed by atoms with Crippen LogP contribution in [0, 0.1) is 11.5 Å². The molecule has 28 heavy (non-hydrogen) atoms. The van der Waals surface area contributed by atoms with E-state index < -0.39 is 0 Å². The molecule has 4 rings (SSSR count). The smallest absolute Gasteiger partial charge is 0.314 e. The lowest BCUT2D eigenvalue weighted by atomic mass is 10.1. The van der Waals surface area contributed by atoms with Crippen molar-refractivity contribution in [3.05, 3.63) is 59.6 Å². The van der Waals surface area contributed by atoms with E-state index in [-0.39, 0.29) is 28.8 Å². The van der Waals surface area contributed by atoms with Gasteiger partial charge in [0.05, 0.1) is 12.1 Å². The van der Waals surface area contributed by atoms with Crippen molar-refractivity contribution in [3.63, 3.8) is 0 Å². The van der Waals surface area contributed by atoms with Crippen LogP contribution in [-0.4, -0.2) is 44.0 Å². The van der Waals surface area contributed by atoms with E-state index in [2.05, 4.69) is 6.19 Å². The van der Waals surface area contributed by atoms with Crippen LogP contribution in [-0.2, 0) is 9.59 Å². The standard InChI is InChI=1S/C21H20ClN4O2/c22-16-6-8-17(9-7-16)25-20(27)14-19(21(25)28)24-10-12-26(15-23,13-11-24)18-4-2-1-3-5-18/h1-9,19H,10-14H2/q+1/p+1/t19-/m0/s1. The van der Waals surface area contributed by atoms with Gasteiger partial charge in [0.25, 0.3) is 5.91 Å². The van der Waals surface area contributed by atoms with Gasteiger partial charge >= 0.3 is 6.19 Å². The molecule has 0 unspecified atom stereocenters. The zero-order valence-electron chi connectivity index (χ0n) is 15.3. The molecule has 2 amide bonds. The maximum atomic E-state index is 13.0. The number of nitrogens with one attached hydrogen (secondary N) is 1. The van der Waals surface area contributed by atoms with Crippen molar-refractivity contribution in [1.29, 1.82) is 5.26 Å². The monoisotopic (exact) mass is 396 g/mol. The molecule has 7 heteroatoms.